The second kappa shape index (κ2) is 7.63. The van der Waals surface area contributed by atoms with Gasteiger partial charge in [-0.1, -0.05) is 0 Å². The van der Waals surface area contributed by atoms with Gasteiger partial charge in [-0.15, -0.1) is 11.3 Å². The minimum absolute atomic E-state index is 0.0395. The molecule has 1 aliphatic rings. The minimum Gasteiger partial charge on any atom is -0.496 e. The summed E-state index contributed by atoms with van der Waals surface area (Å²) in [5.74, 6) is 0.0837. The highest BCUT2D eigenvalue weighted by Gasteiger charge is 2.22. The highest BCUT2D eigenvalue weighted by Crippen LogP contribution is 2.37. The highest BCUT2D eigenvalue weighted by molar-refractivity contribution is 7.19. The third-order valence-electron chi connectivity index (χ3n) is 4.84. The molecule has 0 bridgehead atoms. The number of nitro groups is 1. The summed E-state index contributed by atoms with van der Waals surface area (Å²) in [4.78, 5) is 33.7. The van der Waals surface area contributed by atoms with Gasteiger partial charge in [0.15, 0.2) is 12.4 Å². The monoisotopic (exact) mass is 414 g/mol. The first-order chi connectivity index (χ1) is 14.0. The Morgan fingerprint density at radius 1 is 1.31 bits per heavy atom. The number of esters is 1. The third-order valence-corrected chi connectivity index (χ3v) is 6.02. The number of carbonyl (C=O) groups excluding carboxylic acids is 1. The van der Waals surface area contributed by atoms with Crippen LogP contribution in [0, 0.1) is 10.1 Å². The fourth-order valence-corrected chi connectivity index (χ4v) is 4.76. The van der Waals surface area contributed by atoms with Crippen LogP contribution in [-0.2, 0) is 24.2 Å². The fraction of sp³-hybridized carbons (Fsp3) is 0.316. The van der Waals surface area contributed by atoms with Crippen LogP contribution in [0.2, 0.25) is 0 Å². The zero-order valence-corrected chi connectivity index (χ0v) is 16.5. The molecule has 1 aromatic carbocycles. The lowest BCUT2D eigenvalue weighted by Gasteiger charge is -2.11. The number of ether oxygens (including phenoxy) is 2. The molecular formula is C19H18N4O5S. The average Bonchev–Trinajstić information content (AvgIpc) is 3.10. The number of benzene rings is 1. The van der Waals surface area contributed by atoms with Crippen LogP contribution in [0.1, 0.15) is 39.5 Å². The number of hydrogen-bond donors (Lipinski definition) is 1. The maximum Gasteiger partial charge on any atom is 0.342 e. The van der Waals surface area contributed by atoms with Gasteiger partial charge in [-0.05, 0) is 37.3 Å². The van der Waals surface area contributed by atoms with Crippen molar-refractivity contribution >= 4 is 39.0 Å². The molecule has 0 amide bonds. The molecule has 0 aliphatic heterocycles. The lowest BCUT2D eigenvalue weighted by atomic mass is 9.97. The van der Waals surface area contributed by atoms with E-state index in [0.29, 0.717) is 5.82 Å². The molecule has 150 valence electrons. The number of rotatable bonds is 5. The van der Waals surface area contributed by atoms with E-state index in [1.54, 1.807) is 11.3 Å². The van der Waals surface area contributed by atoms with E-state index in [-0.39, 0.29) is 29.4 Å². The Labute approximate surface area is 169 Å². The summed E-state index contributed by atoms with van der Waals surface area (Å²) in [5.41, 5.74) is 7.12. The Morgan fingerprint density at radius 2 is 2.10 bits per heavy atom. The highest BCUT2D eigenvalue weighted by atomic mass is 32.1. The van der Waals surface area contributed by atoms with E-state index in [0.717, 1.165) is 42.0 Å². The van der Waals surface area contributed by atoms with Crippen LogP contribution < -0.4 is 10.5 Å². The Hall–Kier alpha value is -3.27. The van der Waals surface area contributed by atoms with Gasteiger partial charge in [-0.3, -0.25) is 10.1 Å². The summed E-state index contributed by atoms with van der Waals surface area (Å²) in [6, 6.07) is 3.73. The topological polar surface area (TPSA) is 130 Å². The van der Waals surface area contributed by atoms with Crippen molar-refractivity contribution in [3.63, 3.8) is 0 Å². The number of non-ortho nitro benzene ring substituents is 1. The number of nitrogens with zero attached hydrogens (tertiary/aromatic N) is 3. The number of methoxy groups -OCH3 is 1. The molecule has 10 heteroatoms. The van der Waals surface area contributed by atoms with Gasteiger partial charge in [-0.2, -0.15) is 0 Å². The number of hydrogen-bond acceptors (Lipinski definition) is 9. The molecule has 2 aromatic heterocycles. The van der Waals surface area contributed by atoms with Crippen molar-refractivity contribution in [2.75, 3.05) is 12.8 Å². The normalized spacial score (nSPS) is 13.1. The van der Waals surface area contributed by atoms with Gasteiger partial charge < -0.3 is 15.2 Å². The largest absolute Gasteiger partial charge is 0.496 e. The van der Waals surface area contributed by atoms with Gasteiger partial charge >= 0.3 is 5.97 Å². The van der Waals surface area contributed by atoms with E-state index < -0.39 is 10.9 Å². The average molecular weight is 414 g/mol. The van der Waals surface area contributed by atoms with Crippen LogP contribution in [0.25, 0.3) is 10.2 Å². The van der Waals surface area contributed by atoms with Crippen molar-refractivity contribution in [1.29, 1.82) is 0 Å². The summed E-state index contributed by atoms with van der Waals surface area (Å²) in [7, 11) is 1.37. The molecule has 0 atom stereocenters. The van der Waals surface area contributed by atoms with E-state index in [4.69, 9.17) is 15.2 Å². The van der Waals surface area contributed by atoms with Gasteiger partial charge in [0.1, 0.15) is 22.0 Å². The maximum atomic E-state index is 12.5. The molecule has 2 N–H and O–H groups in total. The molecule has 3 aromatic rings. The molecule has 1 aliphatic carbocycles. The van der Waals surface area contributed by atoms with E-state index >= 15 is 0 Å². The third kappa shape index (κ3) is 3.58. The molecular weight excluding hydrogens is 396 g/mol. The summed E-state index contributed by atoms with van der Waals surface area (Å²) in [6.07, 6.45) is 4.28. The lowest BCUT2D eigenvalue weighted by Crippen LogP contribution is -2.10. The van der Waals surface area contributed by atoms with E-state index in [1.165, 1.54) is 29.7 Å². The van der Waals surface area contributed by atoms with Crippen LogP contribution in [0.4, 0.5) is 11.5 Å². The Morgan fingerprint density at radius 3 is 2.86 bits per heavy atom. The van der Waals surface area contributed by atoms with Gasteiger partial charge in [0, 0.05) is 17.0 Å². The summed E-state index contributed by atoms with van der Waals surface area (Å²) in [6.45, 7) is -0.201. The Kier molecular flexibility index (Phi) is 5.01. The Balaban J connectivity index is 1.58. The van der Waals surface area contributed by atoms with Crippen LogP contribution in [-0.4, -0.2) is 28.0 Å². The van der Waals surface area contributed by atoms with Crippen molar-refractivity contribution in [3.8, 4) is 5.75 Å². The van der Waals surface area contributed by atoms with Crippen LogP contribution in [0.5, 0.6) is 5.75 Å². The van der Waals surface area contributed by atoms with Crippen molar-refractivity contribution in [2.45, 2.75) is 32.3 Å². The number of carbonyl (C=O) groups is 1. The fourth-order valence-electron chi connectivity index (χ4n) is 3.47. The summed E-state index contributed by atoms with van der Waals surface area (Å²) < 4.78 is 10.4. The molecule has 0 radical (unpaired) electrons. The molecule has 0 saturated heterocycles. The van der Waals surface area contributed by atoms with Crippen molar-refractivity contribution < 1.29 is 19.2 Å². The molecule has 4 rings (SSSR count). The van der Waals surface area contributed by atoms with Crippen molar-refractivity contribution in [1.82, 2.24) is 9.97 Å². The van der Waals surface area contributed by atoms with E-state index in [2.05, 4.69) is 9.97 Å². The van der Waals surface area contributed by atoms with Gasteiger partial charge in [-0.25, -0.2) is 14.8 Å². The summed E-state index contributed by atoms with van der Waals surface area (Å²) in [5, 5.41) is 11.9. The summed E-state index contributed by atoms with van der Waals surface area (Å²) >= 11 is 1.60. The first-order valence-corrected chi connectivity index (χ1v) is 9.85. The number of nitrogens with two attached hydrogens (primary N) is 1. The van der Waals surface area contributed by atoms with Crippen molar-refractivity contribution in [3.05, 3.63) is 50.1 Å². The molecule has 29 heavy (non-hydrogen) atoms. The minimum atomic E-state index is -0.765. The number of nitro benzene ring substituents is 1. The lowest BCUT2D eigenvalue weighted by molar-refractivity contribution is -0.384. The molecule has 0 saturated carbocycles. The number of fused-ring (bicyclic) bond motifs is 3. The number of thiophene rings is 1. The SMILES string of the molecule is COc1ccc([N+](=O)[O-])cc1C(=O)OCc1nc(N)c2c3c(sc2n1)CCCC3. The molecule has 0 fully saturated rings. The zero-order chi connectivity index (χ0) is 20.5. The number of aromatic nitrogens is 2. The number of nitrogen functional groups attached to an aromatic ring is 1. The first-order valence-electron chi connectivity index (χ1n) is 9.04. The Bertz CT molecular complexity index is 1130. The second-order valence-electron chi connectivity index (χ2n) is 6.63. The van der Waals surface area contributed by atoms with E-state index in [9.17, 15) is 14.9 Å². The van der Waals surface area contributed by atoms with E-state index in [1.807, 2.05) is 0 Å². The molecule has 9 nitrogen and oxygen atoms in total. The van der Waals surface area contributed by atoms with Crippen molar-refractivity contribution in [2.24, 2.45) is 0 Å². The standard InChI is InChI=1S/C19H18N4O5S/c1-27-13-7-6-10(23(25)26)8-12(13)19(24)28-9-15-21-17(20)16-11-4-2-3-5-14(11)29-18(16)22-15/h6-8H,2-5,9H2,1H3,(H2,20,21,22). The molecule has 0 spiro atoms. The van der Waals surface area contributed by atoms with Crippen LogP contribution in [0.15, 0.2) is 18.2 Å². The predicted molar refractivity (Wildman–Crippen MR) is 107 cm³/mol. The predicted octanol–water partition coefficient (Wildman–Crippen LogP) is 3.43. The van der Waals surface area contributed by atoms with Gasteiger partial charge in [0.2, 0.25) is 0 Å². The van der Waals surface area contributed by atoms with Crippen LogP contribution in [0.3, 0.4) is 0 Å². The quantitative estimate of drug-likeness (QED) is 0.382. The molecule has 0 unspecified atom stereocenters. The van der Waals surface area contributed by atoms with Gasteiger partial charge in [0.25, 0.3) is 5.69 Å². The molecule has 2 heterocycles. The maximum absolute atomic E-state index is 12.5. The van der Waals surface area contributed by atoms with Crippen LogP contribution >= 0.6 is 11.3 Å². The number of aryl methyl sites for hydroxylation is 2. The van der Waals surface area contributed by atoms with Gasteiger partial charge in [0.05, 0.1) is 17.4 Å². The first kappa shape index (κ1) is 19.1. The smallest absolute Gasteiger partial charge is 0.342 e. The zero-order valence-electron chi connectivity index (χ0n) is 15.6. The number of anilines is 1. The second-order valence-corrected chi connectivity index (χ2v) is 7.72.